The third-order valence-electron chi connectivity index (χ3n) is 3.00. The van der Waals surface area contributed by atoms with Crippen LogP contribution >= 0.6 is 0 Å². The third kappa shape index (κ3) is 4.90. The van der Waals surface area contributed by atoms with Gasteiger partial charge >= 0.3 is 5.97 Å². The average Bonchev–Trinajstić information content (AvgIpc) is 3.02. The second kappa shape index (κ2) is 7.78. The van der Waals surface area contributed by atoms with Gasteiger partial charge in [0.1, 0.15) is 0 Å². The maximum absolute atomic E-state index is 11.5. The first kappa shape index (κ1) is 15.5. The lowest BCUT2D eigenvalue weighted by molar-refractivity contribution is -0.131. The van der Waals surface area contributed by atoms with Crippen LogP contribution in [0.3, 0.4) is 0 Å². The zero-order valence-electron chi connectivity index (χ0n) is 12.0. The number of aliphatic carboxylic acids is 1. The zero-order valence-corrected chi connectivity index (χ0v) is 12.0. The molecule has 2 rings (SSSR count). The van der Waals surface area contributed by atoms with Crippen LogP contribution in [-0.2, 0) is 16.0 Å². The van der Waals surface area contributed by atoms with Gasteiger partial charge in [-0.25, -0.2) is 9.48 Å². The molecule has 0 spiro atoms. The van der Waals surface area contributed by atoms with Crippen molar-refractivity contribution in [3.63, 3.8) is 0 Å². The van der Waals surface area contributed by atoms with Crippen molar-refractivity contribution in [2.75, 3.05) is 6.54 Å². The SMILES string of the molecule is O=C(O)C=CCC(=O)NCCc1ccc(-n2cccn2)cc1. The molecule has 1 aromatic carbocycles. The molecule has 0 aliphatic rings. The number of carbonyl (C=O) groups is 2. The Hall–Kier alpha value is -2.89. The van der Waals surface area contributed by atoms with E-state index in [1.807, 2.05) is 36.5 Å². The Morgan fingerprint density at radius 2 is 2.05 bits per heavy atom. The van der Waals surface area contributed by atoms with Crippen LogP contribution in [0.1, 0.15) is 12.0 Å². The van der Waals surface area contributed by atoms with Gasteiger partial charge in [-0.3, -0.25) is 4.79 Å². The van der Waals surface area contributed by atoms with Gasteiger partial charge in [-0.15, -0.1) is 0 Å². The number of aromatic nitrogens is 2. The van der Waals surface area contributed by atoms with Gasteiger partial charge in [0, 0.05) is 31.4 Å². The van der Waals surface area contributed by atoms with Crippen molar-refractivity contribution in [1.82, 2.24) is 15.1 Å². The molecular formula is C16H17N3O3. The number of benzene rings is 1. The van der Waals surface area contributed by atoms with Crippen molar-refractivity contribution in [1.29, 1.82) is 0 Å². The minimum absolute atomic E-state index is 0.0739. The van der Waals surface area contributed by atoms with E-state index in [1.165, 1.54) is 6.08 Å². The zero-order chi connectivity index (χ0) is 15.8. The van der Waals surface area contributed by atoms with Gasteiger partial charge in [0.05, 0.1) is 5.69 Å². The molecule has 0 fully saturated rings. The number of nitrogens with one attached hydrogen (secondary N) is 1. The molecule has 0 aliphatic heterocycles. The molecular weight excluding hydrogens is 282 g/mol. The van der Waals surface area contributed by atoms with E-state index in [0.29, 0.717) is 13.0 Å². The minimum atomic E-state index is -1.05. The second-order valence-electron chi connectivity index (χ2n) is 4.66. The lowest BCUT2D eigenvalue weighted by atomic mass is 10.1. The lowest BCUT2D eigenvalue weighted by Gasteiger charge is -2.06. The molecule has 1 heterocycles. The van der Waals surface area contributed by atoms with Crippen LogP contribution < -0.4 is 5.32 Å². The fourth-order valence-electron chi connectivity index (χ4n) is 1.92. The highest BCUT2D eigenvalue weighted by atomic mass is 16.4. The van der Waals surface area contributed by atoms with Gasteiger partial charge < -0.3 is 10.4 Å². The number of carboxylic acid groups (broad SMARTS) is 1. The van der Waals surface area contributed by atoms with Crippen molar-refractivity contribution in [3.8, 4) is 5.69 Å². The molecule has 2 N–H and O–H groups in total. The standard InChI is InChI=1S/C16H17N3O3/c20-15(3-1-4-16(21)22)17-11-9-13-5-7-14(8-6-13)19-12-2-10-18-19/h1-2,4-8,10,12H,3,9,11H2,(H,17,20)(H,21,22). The van der Waals surface area contributed by atoms with Crippen LogP contribution in [-0.4, -0.2) is 33.3 Å². The average molecular weight is 299 g/mol. The second-order valence-corrected chi connectivity index (χ2v) is 4.66. The highest BCUT2D eigenvalue weighted by Crippen LogP contribution is 2.08. The number of hydrogen-bond donors (Lipinski definition) is 2. The number of hydrogen-bond acceptors (Lipinski definition) is 3. The van der Waals surface area contributed by atoms with E-state index >= 15 is 0 Å². The Morgan fingerprint density at radius 3 is 2.68 bits per heavy atom. The fourth-order valence-corrected chi connectivity index (χ4v) is 1.92. The van der Waals surface area contributed by atoms with Crippen molar-refractivity contribution in [2.45, 2.75) is 12.8 Å². The Labute approximate surface area is 128 Å². The smallest absolute Gasteiger partial charge is 0.327 e. The molecule has 0 radical (unpaired) electrons. The molecule has 0 atom stereocenters. The predicted octanol–water partition coefficient (Wildman–Crippen LogP) is 1.56. The van der Waals surface area contributed by atoms with Gasteiger partial charge in [0.2, 0.25) is 5.91 Å². The van der Waals surface area contributed by atoms with E-state index in [9.17, 15) is 9.59 Å². The lowest BCUT2D eigenvalue weighted by Crippen LogP contribution is -2.24. The third-order valence-corrected chi connectivity index (χ3v) is 3.00. The van der Waals surface area contributed by atoms with E-state index in [2.05, 4.69) is 10.4 Å². The molecule has 1 amide bonds. The molecule has 0 bridgehead atoms. The van der Waals surface area contributed by atoms with Gasteiger partial charge in [-0.1, -0.05) is 18.2 Å². The van der Waals surface area contributed by atoms with Crippen LogP contribution in [0.2, 0.25) is 0 Å². The number of carbonyl (C=O) groups excluding carboxylic acids is 1. The minimum Gasteiger partial charge on any atom is -0.478 e. The number of carboxylic acids is 1. The fraction of sp³-hybridized carbons (Fsp3) is 0.188. The van der Waals surface area contributed by atoms with Crippen molar-refractivity contribution < 1.29 is 14.7 Å². The van der Waals surface area contributed by atoms with E-state index in [1.54, 1.807) is 10.9 Å². The monoisotopic (exact) mass is 299 g/mol. The number of rotatable bonds is 7. The molecule has 1 aromatic heterocycles. The largest absolute Gasteiger partial charge is 0.478 e. The van der Waals surface area contributed by atoms with Crippen LogP contribution in [0.15, 0.2) is 54.9 Å². The summed E-state index contributed by atoms with van der Waals surface area (Å²) in [5, 5.41) is 15.3. The summed E-state index contributed by atoms with van der Waals surface area (Å²) in [6.45, 7) is 0.515. The highest BCUT2D eigenvalue weighted by Gasteiger charge is 2.00. The Bertz CT molecular complexity index is 646. The first-order valence-corrected chi connectivity index (χ1v) is 6.90. The van der Waals surface area contributed by atoms with Gasteiger partial charge in [-0.05, 0) is 30.2 Å². The van der Waals surface area contributed by atoms with Crippen LogP contribution in [0.4, 0.5) is 0 Å². The van der Waals surface area contributed by atoms with Crippen LogP contribution in [0, 0.1) is 0 Å². The van der Waals surface area contributed by atoms with Crippen LogP contribution in [0.25, 0.3) is 5.69 Å². The first-order valence-electron chi connectivity index (χ1n) is 6.90. The summed E-state index contributed by atoms with van der Waals surface area (Å²) in [6, 6.07) is 9.79. The topological polar surface area (TPSA) is 84.2 Å². The summed E-state index contributed by atoms with van der Waals surface area (Å²) in [4.78, 5) is 21.7. The van der Waals surface area contributed by atoms with Crippen molar-refractivity contribution in [3.05, 3.63) is 60.4 Å². The molecule has 114 valence electrons. The molecule has 0 aliphatic carbocycles. The summed E-state index contributed by atoms with van der Waals surface area (Å²) >= 11 is 0. The Morgan fingerprint density at radius 1 is 1.27 bits per heavy atom. The molecule has 0 saturated carbocycles. The summed E-state index contributed by atoms with van der Waals surface area (Å²) in [5.41, 5.74) is 2.09. The van der Waals surface area contributed by atoms with Crippen molar-refractivity contribution >= 4 is 11.9 Å². The molecule has 2 aromatic rings. The molecule has 22 heavy (non-hydrogen) atoms. The van der Waals surface area contributed by atoms with E-state index in [4.69, 9.17) is 5.11 Å². The quantitative estimate of drug-likeness (QED) is 0.760. The van der Waals surface area contributed by atoms with Crippen LogP contribution in [0.5, 0.6) is 0 Å². The number of amides is 1. The molecule has 0 unspecified atom stereocenters. The predicted molar refractivity (Wildman–Crippen MR) is 81.7 cm³/mol. The summed E-state index contributed by atoms with van der Waals surface area (Å²) in [5.74, 6) is -1.24. The molecule has 6 nitrogen and oxygen atoms in total. The summed E-state index contributed by atoms with van der Waals surface area (Å²) in [7, 11) is 0. The maximum atomic E-state index is 11.5. The Balaban J connectivity index is 1.75. The van der Waals surface area contributed by atoms with Gasteiger partial charge in [-0.2, -0.15) is 5.10 Å². The number of nitrogens with zero attached hydrogens (tertiary/aromatic N) is 2. The highest BCUT2D eigenvalue weighted by molar-refractivity contribution is 5.82. The van der Waals surface area contributed by atoms with E-state index in [-0.39, 0.29) is 12.3 Å². The summed E-state index contributed by atoms with van der Waals surface area (Å²) in [6.07, 6.45) is 6.69. The van der Waals surface area contributed by atoms with Crippen molar-refractivity contribution in [2.24, 2.45) is 0 Å². The van der Waals surface area contributed by atoms with E-state index in [0.717, 1.165) is 17.3 Å². The summed E-state index contributed by atoms with van der Waals surface area (Å²) < 4.78 is 1.78. The van der Waals surface area contributed by atoms with Gasteiger partial charge in [0.25, 0.3) is 0 Å². The first-order chi connectivity index (χ1) is 10.6. The Kier molecular flexibility index (Phi) is 5.48. The van der Waals surface area contributed by atoms with E-state index < -0.39 is 5.97 Å². The molecule has 6 heteroatoms. The maximum Gasteiger partial charge on any atom is 0.327 e. The van der Waals surface area contributed by atoms with Gasteiger partial charge in [0.15, 0.2) is 0 Å². The molecule has 0 saturated heterocycles. The normalized spacial score (nSPS) is 10.7.